The van der Waals surface area contributed by atoms with Gasteiger partial charge in [-0.25, -0.2) is 9.78 Å². The van der Waals surface area contributed by atoms with Gasteiger partial charge in [0.2, 0.25) is 0 Å². The van der Waals surface area contributed by atoms with Crippen LogP contribution < -0.4 is 0 Å². The van der Waals surface area contributed by atoms with Crippen LogP contribution in [0.4, 0.5) is 0 Å². The fourth-order valence-electron chi connectivity index (χ4n) is 2.15. The van der Waals surface area contributed by atoms with Crippen LogP contribution in [0.25, 0.3) is 11.3 Å². The molecule has 2 aromatic heterocycles. The van der Waals surface area contributed by atoms with E-state index in [1.165, 1.54) is 0 Å². The summed E-state index contributed by atoms with van der Waals surface area (Å²) >= 11 is 3.39. The lowest BCUT2D eigenvalue weighted by Gasteiger charge is -2.05. The molecule has 7 heteroatoms. The molecule has 23 heavy (non-hydrogen) atoms. The number of aromatic nitrogens is 4. The van der Waals surface area contributed by atoms with Crippen molar-refractivity contribution in [3.8, 4) is 11.3 Å². The zero-order valence-electron chi connectivity index (χ0n) is 12.5. The van der Waals surface area contributed by atoms with Gasteiger partial charge in [0, 0.05) is 22.4 Å². The van der Waals surface area contributed by atoms with Crippen molar-refractivity contribution in [1.29, 1.82) is 0 Å². The van der Waals surface area contributed by atoms with Crippen LogP contribution in [0.5, 0.6) is 0 Å². The number of carbonyl (C=O) groups is 1. The molecule has 0 saturated carbocycles. The van der Waals surface area contributed by atoms with Crippen LogP contribution in [-0.2, 0) is 11.3 Å². The third-order valence-electron chi connectivity index (χ3n) is 3.43. The molecule has 2 heterocycles. The van der Waals surface area contributed by atoms with Gasteiger partial charge in [-0.1, -0.05) is 28.1 Å². The highest BCUT2D eigenvalue weighted by atomic mass is 79.9. The Morgan fingerprint density at radius 3 is 2.83 bits per heavy atom. The van der Waals surface area contributed by atoms with Crippen LogP contribution in [0.2, 0.25) is 0 Å². The van der Waals surface area contributed by atoms with Crippen molar-refractivity contribution < 1.29 is 9.53 Å². The van der Waals surface area contributed by atoms with Gasteiger partial charge < -0.3 is 9.30 Å². The van der Waals surface area contributed by atoms with Crippen LogP contribution in [0, 0.1) is 6.92 Å². The van der Waals surface area contributed by atoms with E-state index in [1.54, 1.807) is 12.3 Å². The lowest BCUT2D eigenvalue weighted by atomic mass is 10.1. The Morgan fingerprint density at radius 2 is 2.13 bits per heavy atom. The van der Waals surface area contributed by atoms with E-state index < -0.39 is 5.97 Å². The number of nitrogens with one attached hydrogen (secondary N) is 1. The largest absolute Gasteiger partial charge is 0.459 e. The van der Waals surface area contributed by atoms with E-state index in [9.17, 15) is 4.79 Å². The van der Waals surface area contributed by atoms with Crippen molar-refractivity contribution in [3.63, 3.8) is 0 Å². The molecule has 1 N–H and O–H groups in total. The Morgan fingerprint density at radius 1 is 1.35 bits per heavy atom. The summed E-state index contributed by atoms with van der Waals surface area (Å²) in [4.78, 5) is 16.1. The zero-order valence-corrected chi connectivity index (χ0v) is 14.1. The van der Waals surface area contributed by atoms with E-state index in [1.807, 2.05) is 42.0 Å². The number of nitrogens with zero attached hydrogens (tertiary/aromatic N) is 3. The van der Waals surface area contributed by atoms with Crippen LogP contribution in [0.1, 0.15) is 16.3 Å². The molecule has 3 rings (SSSR count). The molecule has 6 nitrogen and oxygen atoms in total. The number of aryl methyl sites for hydroxylation is 1. The molecular weight excluding hydrogens is 360 g/mol. The lowest BCUT2D eigenvalue weighted by Crippen LogP contribution is -2.12. The first-order valence-corrected chi connectivity index (χ1v) is 7.89. The highest BCUT2D eigenvalue weighted by molar-refractivity contribution is 9.10. The second-order valence-electron chi connectivity index (χ2n) is 4.98. The minimum absolute atomic E-state index is 0.280. The Bertz CT molecular complexity index is 808. The van der Waals surface area contributed by atoms with Crippen molar-refractivity contribution in [3.05, 3.63) is 58.7 Å². The smallest absolute Gasteiger partial charge is 0.356 e. The number of rotatable bonds is 5. The van der Waals surface area contributed by atoms with E-state index in [4.69, 9.17) is 4.74 Å². The predicted molar refractivity (Wildman–Crippen MR) is 89.0 cm³/mol. The van der Waals surface area contributed by atoms with Gasteiger partial charge >= 0.3 is 5.97 Å². The van der Waals surface area contributed by atoms with E-state index in [0.717, 1.165) is 15.9 Å². The number of imidazole rings is 1. The molecule has 118 valence electrons. The predicted octanol–water partition coefficient (Wildman–Crippen LogP) is 3.20. The van der Waals surface area contributed by atoms with Crippen LogP contribution in [-0.4, -0.2) is 32.3 Å². The number of ether oxygens (including phenoxy) is 1. The lowest BCUT2D eigenvalue weighted by molar-refractivity contribution is 0.0483. The van der Waals surface area contributed by atoms with Gasteiger partial charge in [-0.3, -0.25) is 5.10 Å². The fourth-order valence-corrected chi connectivity index (χ4v) is 2.41. The second kappa shape index (κ2) is 6.78. The maximum Gasteiger partial charge on any atom is 0.356 e. The molecular formula is C16H15BrN4O2. The third kappa shape index (κ3) is 3.68. The summed E-state index contributed by atoms with van der Waals surface area (Å²) in [5.74, 6) is 0.471. The Hall–Kier alpha value is -2.41. The quantitative estimate of drug-likeness (QED) is 0.696. The van der Waals surface area contributed by atoms with Crippen molar-refractivity contribution in [2.75, 3.05) is 6.61 Å². The summed E-state index contributed by atoms with van der Waals surface area (Å²) in [7, 11) is 0. The summed E-state index contributed by atoms with van der Waals surface area (Å²) < 4.78 is 8.17. The summed E-state index contributed by atoms with van der Waals surface area (Å²) in [5.41, 5.74) is 1.97. The molecule has 0 spiro atoms. The molecule has 0 amide bonds. The summed E-state index contributed by atoms with van der Waals surface area (Å²) in [6.45, 7) is 2.76. The van der Waals surface area contributed by atoms with Crippen molar-refractivity contribution in [2.45, 2.75) is 13.5 Å². The van der Waals surface area contributed by atoms with Crippen molar-refractivity contribution >= 4 is 21.9 Å². The first-order chi connectivity index (χ1) is 11.1. The van der Waals surface area contributed by atoms with E-state index >= 15 is 0 Å². The van der Waals surface area contributed by atoms with Crippen molar-refractivity contribution in [2.24, 2.45) is 0 Å². The molecule has 3 aromatic rings. The maximum atomic E-state index is 12.0. The van der Waals surface area contributed by atoms with E-state index in [-0.39, 0.29) is 6.61 Å². The molecule has 0 aliphatic carbocycles. The number of carbonyl (C=O) groups excluding carboxylic acids is 1. The molecule has 0 aliphatic rings. The Kier molecular flexibility index (Phi) is 4.57. The third-order valence-corrected chi connectivity index (χ3v) is 3.96. The number of esters is 1. The molecule has 0 saturated heterocycles. The number of hydrogen-bond acceptors (Lipinski definition) is 4. The highest BCUT2D eigenvalue weighted by Gasteiger charge is 2.12. The molecule has 0 aliphatic heterocycles. The average molecular weight is 375 g/mol. The van der Waals surface area contributed by atoms with Crippen LogP contribution in [0.15, 0.2) is 47.2 Å². The van der Waals surface area contributed by atoms with Crippen LogP contribution >= 0.6 is 15.9 Å². The minimum atomic E-state index is -0.418. The SMILES string of the molecule is Cc1nccn1CCOC(=O)c1cc(-c2ccc(Br)cc2)n[nH]1. The molecule has 0 fully saturated rings. The van der Waals surface area contributed by atoms with Gasteiger partial charge in [-0.15, -0.1) is 0 Å². The number of halogens is 1. The van der Waals surface area contributed by atoms with Crippen LogP contribution in [0.3, 0.4) is 0 Å². The summed E-state index contributed by atoms with van der Waals surface area (Å²) in [6.07, 6.45) is 3.57. The second-order valence-corrected chi connectivity index (χ2v) is 5.89. The molecule has 0 radical (unpaired) electrons. The van der Waals surface area contributed by atoms with E-state index in [0.29, 0.717) is 17.9 Å². The summed E-state index contributed by atoms with van der Waals surface area (Å²) in [5, 5.41) is 6.87. The monoisotopic (exact) mass is 374 g/mol. The number of H-pyrrole nitrogens is 1. The average Bonchev–Trinajstić information content (AvgIpc) is 3.18. The highest BCUT2D eigenvalue weighted by Crippen LogP contribution is 2.20. The summed E-state index contributed by atoms with van der Waals surface area (Å²) in [6, 6.07) is 9.40. The minimum Gasteiger partial charge on any atom is -0.459 e. The van der Waals surface area contributed by atoms with Gasteiger partial charge in [-0.2, -0.15) is 5.10 Å². The van der Waals surface area contributed by atoms with Gasteiger partial charge in [0.25, 0.3) is 0 Å². The maximum absolute atomic E-state index is 12.0. The molecule has 0 unspecified atom stereocenters. The van der Waals surface area contributed by atoms with Gasteiger partial charge in [-0.05, 0) is 25.1 Å². The standard InChI is InChI=1S/C16H15BrN4O2/c1-11-18-6-7-21(11)8-9-23-16(22)15-10-14(19-20-15)12-2-4-13(17)5-3-12/h2-7,10H,8-9H2,1H3,(H,19,20). The topological polar surface area (TPSA) is 72.8 Å². The zero-order chi connectivity index (χ0) is 16.2. The first kappa shape index (κ1) is 15.5. The van der Waals surface area contributed by atoms with Gasteiger partial charge in [0.1, 0.15) is 18.1 Å². The number of hydrogen-bond donors (Lipinski definition) is 1. The van der Waals surface area contributed by atoms with Crippen molar-refractivity contribution in [1.82, 2.24) is 19.7 Å². The molecule has 0 bridgehead atoms. The first-order valence-electron chi connectivity index (χ1n) is 7.10. The number of benzene rings is 1. The van der Waals surface area contributed by atoms with Gasteiger partial charge in [0.15, 0.2) is 0 Å². The molecule has 1 aromatic carbocycles. The fraction of sp³-hybridized carbons (Fsp3) is 0.188. The Balaban J connectivity index is 1.60. The van der Waals surface area contributed by atoms with Gasteiger partial charge in [0.05, 0.1) is 12.2 Å². The van der Waals surface area contributed by atoms with E-state index in [2.05, 4.69) is 31.1 Å². The number of aromatic amines is 1. The normalized spacial score (nSPS) is 10.7. The molecule has 0 atom stereocenters. The Labute approximate surface area is 141 Å².